The van der Waals surface area contributed by atoms with Crippen LogP contribution < -0.4 is 15.2 Å². The molecule has 0 aliphatic heterocycles. The summed E-state index contributed by atoms with van der Waals surface area (Å²) < 4.78 is 51.3. The number of ketones is 1. The van der Waals surface area contributed by atoms with Gasteiger partial charge < -0.3 is 5.32 Å². The number of carbonyl (C=O) groups excluding carboxylic acids is 1. The molecule has 0 aliphatic rings. The van der Waals surface area contributed by atoms with Gasteiger partial charge in [-0.3, -0.25) is 9.52 Å². The Kier molecular flexibility index (Phi) is 6.81. The molecule has 0 saturated heterocycles. The van der Waals surface area contributed by atoms with E-state index >= 15 is 0 Å². The number of hydrogen-bond donors (Lipinski definition) is 3. The van der Waals surface area contributed by atoms with E-state index in [-0.39, 0.29) is 26.8 Å². The van der Waals surface area contributed by atoms with Crippen molar-refractivity contribution in [2.45, 2.75) is 36.5 Å². The maximum Gasteiger partial charge on any atom is 0.261 e. The van der Waals surface area contributed by atoms with Crippen LogP contribution in [0.4, 0.5) is 11.4 Å². The van der Waals surface area contributed by atoms with Gasteiger partial charge in [0.05, 0.1) is 21.2 Å². The molecule has 0 fully saturated rings. The number of nitrogens with two attached hydrogens (primary N) is 1. The second-order valence-corrected chi connectivity index (χ2v) is 9.47. The molecule has 0 amide bonds. The number of Topliss-reactive ketones (excluding diaryl/α,β-unsaturated/α-hetero) is 1. The summed E-state index contributed by atoms with van der Waals surface area (Å²) in [5.74, 6) is -0.268. The van der Waals surface area contributed by atoms with Crippen LogP contribution in [0, 0.1) is 0 Å². The Morgan fingerprint density at radius 2 is 1.71 bits per heavy atom. The summed E-state index contributed by atoms with van der Waals surface area (Å²) in [6.45, 7) is 3.93. The van der Waals surface area contributed by atoms with E-state index in [4.69, 9.17) is 5.14 Å². The Morgan fingerprint density at radius 3 is 2.32 bits per heavy atom. The smallest absolute Gasteiger partial charge is 0.261 e. The van der Waals surface area contributed by atoms with Crippen molar-refractivity contribution in [2.24, 2.45) is 5.14 Å². The lowest BCUT2D eigenvalue weighted by Crippen LogP contribution is -2.17. The predicted octanol–water partition coefficient (Wildman–Crippen LogP) is 2.55. The molecule has 28 heavy (non-hydrogen) atoms. The van der Waals surface area contributed by atoms with Gasteiger partial charge in [-0.15, -0.1) is 0 Å². The SMILES string of the molecule is CCCCNc1ccc(S(N)(=O)=O)cc1NS(=O)(=O)c1cccc(C(C)=O)c1. The molecule has 0 spiro atoms. The number of benzene rings is 2. The van der Waals surface area contributed by atoms with Gasteiger partial charge in [0.15, 0.2) is 5.78 Å². The van der Waals surface area contributed by atoms with Gasteiger partial charge in [0.2, 0.25) is 10.0 Å². The first-order valence-corrected chi connectivity index (χ1v) is 11.6. The van der Waals surface area contributed by atoms with E-state index in [9.17, 15) is 21.6 Å². The third-order valence-corrected chi connectivity index (χ3v) is 6.23. The molecule has 8 nitrogen and oxygen atoms in total. The molecule has 0 atom stereocenters. The monoisotopic (exact) mass is 425 g/mol. The number of carbonyl (C=O) groups is 1. The number of nitrogens with one attached hydrogen (secondary N) is 2. The van der Waals surface area contributed by atoms with Crippen LogP contribution in [0.3, 0.4) is 0 Å². The maximum absolute atomic E-state index is 12.8. The third kappa shape index (κ3) is 5.54. The number of primary sulfonamides is 1. The van der Waals surface area contributed by atoms with Crippen molar-refractivity contribution in [1.82, 2.24) is 0 Å². The highest BCUT2D eigenvalue weighted by Crippen LogP contribution is 2.28. The van der Waals surface area contributed by atoms with Crippen LogP contribution in [0.1, 0.15) is 37.0 Å². The molecular weight excluding hydrogens is 402 g/mol. The quantitative estimate of drug-likeness (QED) is 0.417. The molecule has 0 radical (unpaired) electrons. The highest BCUT2D eigenvalue weighted by molar-refractivity contribution is 7.92. The van der Waals surface area contributed by atoms with Crippen molar-refractivity contribution in [1.29, 1.82) is 0 Å². The second-order valence-electron chi connectivity index (χ2n) is 6.22. The molecule has 0 saturated carbocycles. The lowest BCUT2D eigenvalue weighted by Gasteiger charge is -2.15. The Bertz CT molecular complexity index is 1080. The Balaban J connectivity index is 2.46. The minimum Gasteiger partial charge on any atom is -0.383 e. The molecule has 0 aromatic heterocycles. The minimum atomic E-state index is -4.06. The molecule has 0 heterocycles. The minimum absolute atomic E-state index is 0.0517. The summed E-state index contributed by atoms with van der Waals surface area (Å²) in [5, 5.41) is 8.24. The summed E-state index contributed by atoms with van der Waals surface area (Å²) in [5.41, 5.74) is 0.727. The van der Waals surface area contributed by atoms with Crippen LogP contribution in [-0.2, 0) is 20.0 Å². The number of sulfonamides is 2. The molecular formula is C18H23N3O5S2. The molecule has 0 unspecified atom stereocenters. The summed E-state index contributed by atoms with van der Waals surface area (Å²) >= 11 is 0. The third-order valence-electron chi connectivity index (χ3n) is 3.96. The fourth-order valence-corrected chi connectivity index (χ4v) is 4.08. The number of anilines is 2. The van der Waals surface area contributed by atoms with Crippen LogP contribution in [0.2, 0.25) is 0 Å². The van der Waals surface area contributed by atoms with Gasteiger partial charge >= 0.3 is 0 Å². The predicted molar refractivity (Wildman–Crippen MR) is 108 cm³/mol. The standard InChI is InChI=1S/C18H23N3O5S2/c1-3-4-10-20-17-9-8-15(27(19,23)24)12-18(17)21-28(25,26)16-7-5-6-14(11-16)13(2)22/h5-9,11-12,20-21H,3-4,10H2,1-2H3,(H2,19,23,24). The number of rotatable bonds is 9. The molecule has 10 heteroatoms. The average Bonchev–Trinajstić information content (AvgIpc) is 2.62. The molecule has 2 rings (SSSR count). The van der Waals surface area contributed by atoms with E-state index in [1.807, 2.05) is 6.92 Å². The zero-order valence-corrected chi connectivity index (χ0v) is 17.2. The highest BCUT2D eigenvalue weighted by Gasteiger charge is 2.19. The molecule has 0 bridgehead atoms. The first-order chi connectivity index (χ1) is 13.0. The van der Waals surface area contributed by atoms with Gasteiger partial charge in [-0.25, -0.2) is 22.0 Å². The Morgan fingerprint density at radius 1 is 1.00 bits per heavy atom. The fourth-order valence-electron chi connectivity index (χ4n) is 2.42. The van der Waals surface area contributed by atoms with Crippen LogP contribution in [-0.4, -0.2) is 29.2 Å². The lowest BCUT2D eigenvalue weighted by molar-refractivity contribution is 0.101. The Labute approximate surface area is 165 Å². The van der Waals surface area contributed by atoms with E-state index < -0.39 is 20.0 Å². The second kappa shape index (κ2) is 8.72. The molecule has 2 aromatic rings. The highest BCUT2D eigenvalue weighted by atomic mass is 32.2. The molecule has 152 valence electrons. The zero-order chi connectivity index (χ0) is 20.9. The van der Waals surface area contributed by atoms with Crippen LogP contribution in [0.5, 0.6) is 0 Å². The van der Waals surface area contributed by atoms with Crippen molar-refractivity contribution in [3.8, 4) is 0 Å². The van der Waals surface area contributed by atoms with Crippen molar-refractivity contribution in [2.75, 3.05) is 16.6 Å². The van der Waals surface area contributed by atoms with E-state index in [0.29, 0.717) is 12.2 Å². The van der Waals surface area contributed by atoms with Crippen LogP contribution >= 0.6 is 0 Å². The van der Waals surface area contributed by atoms with E-state index in [1.165, 1.54) is 43.3 Å². The number of unbranched alkanes of at least 4 members (excludes halogenated alkanes) is 1. The van der Waals surface area contributed by atoms with Crippen LogP contribution in [0.15, 0.2) is 52.3 Å². The van der Waals surface area contributed by atoms with Crippen molar-refractivity contribution in [3.63, 3.8) is 0 Å². The van der Waals surface area contributed by atoms with E-state index in [1.54, 1.807) is 0 Å². The van der Waals surface area contributed by atoms with E-state index in [2.05, 4.69) is 10.0 Å². The number of hydrogen-bond acceptors (Lipinski definition) is 6. The summed E-state index contributed by atoms with van der Waals surface area (Å²) in [6, 6.07) is 9.51. The topological polar surface area (TPSA) is 135 Å². The average molecular weight is 426 g/mol. The van der Waals surface area contributed by atoms with Gasteiger partial charge in [-0.2, -0.15) is 0 Å². The van der Waals surface area contributed by atoms with Crippen molar-refractivity contribution in [3.05, 3.63) is 48.0 Å². The fraction of sp³-hybridized carbons (Fsp3) is 0.278. The van der Waals surface area contributed by atoms with Crippen LogP contribution in [0.25, 0.3) is 0 Å². The summed E-state index contributed by atoms with van der Waals surface area (Å²) in [7, 11) is -8.08. The van der Waals surface area contributed by atoms with Gasteiger partial charge in [0.1, 0.15) is 0 Å². The zero-order valence-electron chi connectivity index (χ0n) is 15.6. The molecule has 2 aromatic carbocycles. The molecule has 0 aliphatic carbocycles. The summed E-state index contributed by atoms with van der Waals surface area (Å²) in [4.78, 5) is 11.2. The molecule has 4 N–H and O–H groups in total. The first kappa shape index (κ1) is 21.9. The maximum atomic E-state index is 12.8. The van der Waals surface area contributed by atoms with Gasteiger partial charge in [-0.05, 0) is 43.7 Å². The van der Waals surface area contributed by atoms with Crippen molar-refractivity contribution < 1.29 is 21.6 Å². The normalized spacial score (nSPS) is 11.8. The Hall–Kier alpha value is -2.43. The summed E-state index contributed by atoms with van der Waals surface area (Å²) in [6.07, 6.45) is 1.78. The largest absolute Gasteiger partial charge is 0.383 e. The van der Waals surface area contributed by atoms with Gasteiger partial charge in [-0.1, -0.05) is 25.5 Å². The van der Waals surface area contributed by atoms with E-state index in [0.717, 1.165) is 18.9 Å². The van der Waals surface area contributed by atoms with Gasteiger partial charge in [0.25, 0.3) is 10.0 Å². The van der Waals surface area contributed by atoms with Crippen molar-refractivity contribution >= 4 is 37.2 Å². The first-order valence-electron chi connectivity index (χ1n) is 8.59. The lowest BCUT2D eigenvalue weighted by atomic mass is 10.2. The van der Waals surface area contributed by atoms with Gasteiger partial charge in [0, 0.05) is 12.1 Å².